The summed E-state index contributed by atoms with van der Waals surface area (Å²) in [5.41, 5.74) is 0.653. The van der Waals surface area contributed by atoms with Gasteiger partial charge in [0.05, 0.1) is 0 Å². The zero-order valence-electron chi connectivity index (χ0n) is 17.6. The van der Waals surface area contributed by atoms with Crippen molar-refractivity contribution in [3.8, 4) is 0 Å². The Hall–Kier alpha value is -0.0800. The predicted octanol–water partition coefficient (Wildman–Crippen LogP) is 5.76. The van der Waals surface area contributed by atoms with Crippen LogP contribution in [0.3, 0.4) is 0 Å². The minimum Gasteiger partial charge on any atom is -0.365 e. The molecule has 2 heteroatoms. The van der Waals surface area contributed by atoms with Gasteiger partial charge >= 0.3 is 0 Å². The van der Waals surface area contributed by atoms with Crippen LogP contribution >= 0.6 is 0 Å². The van der Waals surface area contributed by atoms with E-state index in [4.69, 9.17) is 0 Å². The van der Waals surface area contributed by atoms with Gasteiger partial charge in [-0.25, -0.2) is 0 Å². The molecule has 0 aromatic rings. The lowest BCUT2D eigenvalue weighted by Crippen LogP contribution is -2.53. The first kappa shape index (κ1) is 19.2. The van der Waals surface area contributed by atoms with E-state index in [1.807, 2.05) is 0 Å². The Morgan fingerprint density at radius 1 is 0.923 bits per heavy atom. The Morgan fingerprint density at radius 2 is 1.69 bits per heavy atom. The molecule has 0 aliphatic heterocycles. The summed E-state index contributed by atoms with van der Waals surface area (Å²) in [6.07, 6.45) is 13.9. The summed E-state index contributed by atoms with van der Waals surface area (Å²) in [5, 5.41) is 22.2. The highest BCUT2D eigenvalue weighted by Gasteiger charge is 2.66. The van der Waals surface area contributed by atoms with Crippen molar-refractivity contribution in [3.63, 3.8) is 0 Å². The minimum atomic E-state index is -1.45. The van der Waals surface area contributed by atoms with Crippen LogP contribution in [0.15, 0.2) is 0 Å². The van der Waals surface area contributed by atoms with Gasteiger partial charge in [-0.05, 0) is 78.9 Å². The van der Waals surface area contributed by atoms with Crippen molar-refractivity contribution in [1.29, 1.82) is 0 Å². The van der Waals surface area contributed by atoms with E-state index in [2.05, 4.69) is 27.7 Å². The molecule has 2 nitrogen and oxygen atoms in total. The number of aliphatic hydroxyl groups is 2. The fourth-order valence-electron chi connectivity index (χ4n) is 9.12. The van der Waals surface area contributed by atoms with Crippen molar-refractivity contribution in [2.24, 2.45) is 46.3 Å². The molecule has 0 spiro atoms. The van der Waals surface area contributed by atoms with E-state index in [1.54, 1.807) is 0 Å². The normalized spacial score (nSPS) is 51.2. The van der Waals surface area contributed by atoms with Crippen LogP contribution in [-0.2, 0) is 0 Å². The summed E-state index contributed by atoms with van der Waals surface area (Å²) in [6.45, 7) is 9.53. The molecule has 8 atom stereocenters. The largest absolute Gasteiger partial charge is 0.365 e. The standard InChI is InChI=1S/C24H42O2/c1-5-8-16(2)21-23(4)14-12-19-18(20(23)15-24(21,25)26)11-10-17-9-6-7-13-22(17,19)3/h16-21,25-26H,5-15H2,1-4H3/t16-,17?,18-,19+,20+,21-,22+,23+/m1/s1. The summed E-state index contributed by atoms with van der Waals surface area (Å²) in [4.78, 5) is 0. The summed E-state index contributed by atoms with van der Waals surface area (Å²) >= 11 is 0. The van der Waals surface area contributed by atoms with E-state index in [-0.39, 0.29) is 11.3 Å². The van der Waals surface area contributed by atoms with Gasteiger partial charge in [-0.15, -0.1) is 0 Å². The van der Waals surface area contributed by atoms with Gasteiger partial charge in [0.1, 0.15) is 0 Å². The average Bonchev–Trinajstić information content (AvgIpc) is 2.79. The van der Waals surface area contributed by atoms with Crippen LogP contribution in [0.5, 0.6) is 0 Å². The first-order valence-electron chi connectivity index (χ1n) is 11.7. The highest BCUT2D eigenvalue weighted by molar-refractivity contribution is 5.13. The van der Waals surface area contributed by atoms with E-state index < -0.39 is 5.79 Å². The van der Waals surface area contributed by atoms with E-state index >= 15 is 0 Å². The molecule has 0 heterocycles. The molecule has 0 amide bonds. The predicted molar refractivity (Wildman–Crippen MR) is 106 cm³/mol. The van der Waals surface area contributed by atoms with Gasteiger partial charge in [0.15, 0.2) is 5.79 Å². The van der Waals surface area contributed by atoms with Crippen LogP contribution in [0.25, 0.3) is 0 Å². The Labute approximate surface area is 161 Å². The Morgan fingerprint density at radius 3 is 2.42 bits per heavy atom. The molecule has 4 aliphatic carbocycles. The fraction of sp³-hybridized carbons (Fsp3) is 1.00. The van der Waals surface area contributed by atoms with E-state index in [9.17, 15) is 10.2 Å². The smallest absolute Gasteiger partial charge is 0.166 e. The van der Waals surface area contributed by atoms with E-state index in [0.717, 1.165) is 30.6 Å². The van der Waals surface area contributed by atoms with Gasteiger partial charge in [-0.1, -0.05) is 53.4 Å². The molecule has 0 radical (unpaired) electrons. The van der Waals surface area contributed by atoms with Crippen LogP contribution in [0, 0.1) is 46.3 Å². The highest BCUT2D eigenvalue weighted by atomic mass is 16.5. The topological polar surface area (TPSA) is 40.5 Å². The molecule has 0 bridgehead atoms. The fourth-order valence-corrected chi connectivity index (χ4v) is 9.12. The van der Waals surface area contributed by atoms with Crippen LogP contribution in [-0.4, -0.2) is 16.0 Å². The second-order valence-electron chi connectivity index (χ2n) is 11.3. The molecule has 0 aromatic heterocycles. The average molecular weight is 363 g/mol. The molecule has 4 saturated carbocycles. The molecule has 1 unspecified atom stereocenters. The monoisotopic (exact) mass is 362 g/mol. The van der Waals surface area contributed by atoms with Gasteiger partial charge in [-0.3, -0.25) is 0 Å². The molecule has 26 heavy (non-hydrogen) atoms. The lowest BCUT2D eigenvalue weighted by molar-refractivity contribution is -0.210. The van der Waals surface area contributed by atoms with Gasteiger partial charge in [0, 0.05) is 12.3 Å². The molecule has 2 N–H and O–H groups in total. The van der Waals surface area contributed by atoms with Gasteiger partial charge < -0.3 is 10.2 Å². The first-order valence-corrected chi connectivity index (χ1v) is 11.7. The molecular weight excluding hydrogens is 320 g/mol. The Kier molecular flexibility index (Phi) is 4.79. The van der Waals surface area contributed by atoms with Crippen LogP contribution in [0.2, 0.25) is 0 Å². The van der Waals surface area contributed by atoms with Crippen molar-refractivity contribution < 1.29 is 10.2 Å². The van der Waals surface area contributed by atoms with Crippen LogP contribution in [0.4, 0.5) is 0 Å². The Balaban J connectivity index is 1.64. The summed E-state index contributed by atoms with van der Waals surface area (Å²) in [6, 6.07) is 0. The summed E-state index contributed by atoms with van der Waals surface area (Å²) in [7, 11) is 0. The lowest BCUT2D eigenvalue weighted by Gasteiger charge is -2.60. The third kappa shape index (κ3) is 2.65. The molecule has 4 aliphatic rings. The first-order chi connectivity index (χ1) is 12.2. The van der Waals surface area contributed by atoms with E-state index in [1.165, 1.54) is 51.4 Å². The van der Waals surface area contributed by atoms with Crippen molar-refractivity contribution >= 4 is 0 Å². The number of rotatable bonds is 3. The summed E-state index contributed by atoms with van der Waals surface area (Å²) < 4.78 is 0. The number of hydrogen-bond donors (Lipinski definition) is 2. The third-order valence-corrected chi connectivity index (χ3v) is 10.1. The molecule has 0 aromatic carbocycles. The van der Waals surface area contributed by atoms with Crippen molar-refractivity contribution in [1.82, 2.24) is 0 Å². The third-order valence-electron chi connectivity index (χ3n) is 10.1. The second-order valence-corrected chi connectivity index (χ2v) is 11.3. The molecule has 0 saturated heterocycles. The maximum absolute atomic E-state index is 11.1. The Bertz CT molecular complexity index is 528. The molecule has 150 valence electrons. The SMILES string of the molecule is CCC[C@@H](C)[C@H]1C(O)(O)C[C@H]2[C@@H]3CCC4CCCC[C@]4(C)[C@H]3CC[C@@]21C. The highest BCUT2D eigenvalue weighted by Crippen LogP contribution is 2.69. The van der Waals surface area contributed by atoms with Gasteiger partial charge in [0.25, 0.3) is 0 Å². The second kappa shape index (κ2) is 6.48. The maximum atomic E-state index is 11.1. The number of fused-ring (bicyclic) bond motifs is 5. The van der Waals surface area contributed by atoms with Crippen molar-refractivity contribution in [3.05, 3.63) is 0 Å². The molecule has 4 rings (SSSR count). The lowest BCUT2D eigenvalue weighted by atomic mass is 9.44. The molecule has 4 fully saturated rings. The molecular formula is C24H42O2. The zero-order valence-corrected chi connectivity index (χ0v) is 17.6. The van der Waals surface area contributed by atoms with Crippen LogP contribution < -0.4 is 0 Å². The van der Waals surface area contributed by atoms with Crippen molar-refractivity contribution in [2.75, 3.05) is 0 Å². The zero-order chi connectivity index (χ0) is 18.7. The van der Waals surface area contributed by atoms with E-state index in [0.29, 0.717) is 23.7 Å². The van der Waals surface area contributed by atoms with Crippen molar-refractivity contribution in [2.45, 2.75) is 104 Å². The minimum absolute atomic E-state index is 0.0535. The van der Waals surface area contributed by atoms with Crippen LogP contribution in [0.1, 0.15) is 98.3 Å². The quantitative estimate of drug-likeness (QED) is 0.626. The van der Waals surface area contributed by atoms with Gasteiger partial charge in [0.2, 0.25) is 0 Å². The van der Waals surface area contributed by atoms with Gasteiger partial charge in [-0.2, -0.15) is 0 Å². The number of hydrogen-bond acceptors (Lipinski definition) is 2. The maximum Gasteiger partial charge on any atom is 0.166 e. The summed E-state index contributed by atoms with van der Waals surface area (Å²) in [5.74, 6) is 2.02.